The molecule has 0 atom stereocenters. The summed E-state index contributed by atoms with van der Waals surface area (Å²) in [7, 11) is -0.979. The Morgan fingerprint density at radius 2 is 1.89 bits per heavy atom. The monoisotopic (exact) mass is 268 g/mol. The fourth-order valence-electron chi connectivity index (χ4n) is 1.72. The van der Waals surface area contributed by atoms with Gasteiger partial charge >= 0.3 is 10.2 Å². The average molecular weight is 268 g/mol. The van der Waals surface area contributed by atoms with Crippen molar-refractivity contribution in [3.63, 3.8) is 0 Å². The number of carbonyl (C=O) groups excluding carboxylic acids is 1. The molecule has 1 fully saturated rings. The number of nitrogens with one attached hydrogen (secondary N) is 1. The predicted octanol–water partition coefficient (Wildman–Crippen LogP) is 1.10. The molecule has 0 saturated heterocycles. The van der Waals surface area contributed by atoms with Crippen LogP contribution >= 0.6 is 0 Å². The van der Waals surface area contributed by atoms with Gasteiger partial charge in [0.2, 0.25) is 0 Å². The van der Waals surface area contributed by atoms with E-state index in [4.69, 9.17) is 0 Å². The summed E-state index contributed by atoms with van der Waals surface area (Å²) in [6, 6.07) is 7.15. The number of hydrogen-bond acceptors (Lipinski definition) is 3. The van der Waals surface area contributed by atoms with Gasteiger partial charge in [-0.15, -0.1) is 0 Å². The molecule has 5 nitrogen and oxygen atoms in total. The Hall–Kier alpha value is -1.40. The molecule has 18 heavy (non-hydrogen) atoms. The lowest BCUT2D eigenvalue weighted by atomic mass is 10.0. The number of benzene rings is 1. The van der Waals surface area contributed by atoms with Crippen molar-refractivity contribution in [1.82, 2.24) is 9.03 Å². The van der Waals surface area contributed by atoms with Crippen LogP contribution in [0.15, 0.2) is 24.3 Å². The van der Waals surface area contributed by atoms with Crippen LogP contribution in [0.1, 0.15) is 34.7 Å². The highest BCUT2D eigenvalue weighted by Crippen LogP contribution is 2.41. The second-order valence-electron chi connectivity index (χ2n) is 4.58. The van der Waals surface area contributed by atoms with Gasteiger partial charge in [0.15, 0.2) is 0 Å². The second kappa shape index (κ2) is 4.70. The maximum Gasteiger partial charge on any atom is 0.303 e. The quantitative estimate of drug-likeness (QED) is 0.889. The molecule has 1 saturated carbocycles. The Morgan fingerprint density at radius 1 is 1.28 bits per heavy atom. The zero-order valence-corrected chi connectivity index (χ0v) is 11.2. The van der Waals surface area contributed by atoms with Crippen LogP contribution in [0.4, 0.5) is 0 Å². The molecule has 0 spiro atoms. The second-order valence-corrected chi connectivity index (χ2v) is 6.46. The summed E-state index contributed by atoms with van der Waals surface area (Å²) in [5.74, 6) is -0.166. The zero-order chi connectivity index (χ0) is 13.3. The van der Waals surface area contributed by atoms with E-state index in [-0.39, 0.29) is 0 Å². The van der Waals surface area contributed by atoms with E-state index < -0.39 is 16.1 Å². The third-order valence-electron chi connectivity index (χ3n) is 2.92. The van der Waals surface area contributed by atoms with Crippen molar-refractivity contribution in [1.29, 1.82) is 0 Å². The number of rotatable bonds is 4. The standard InChI is InChI=1S/C12H16N2O3S/c1-14(2)18(16,17)13-12(15)11-6-4-3-5-10(11)9-7-8-9/h3-6,9H,7-8H2,1-2H3,(H,13,15). The van der Waals surface area contributed by atoms with Crippen LogP contribution in [0.25, 0.3) is 0 Å². The highest BCUT2D eigenvalue weighted by Gasteiger charge is 2.29. The normalized spacial score (nSPS) is 15.7. The van der Waals surface area contributed by atoms with Gasteiger partial charge < -0.3 is 0 Å². The van der Waals surface area contributed by atoms with E-state index in [1.165, 1.54) is 14.1 Å². The van der Waals surface area contributed by atoms with Crippen LogP contribution < -0.4 is 4.72 Å². The Labute approximate surface area is 107 Å². The molecule has 1 aromatic rings. The van der Waals surface area contributed by atoms with Crippen LogP contribution in [-0.4, -0.2) is 32.7 Å². The Balaban J connectivity index is 2.24. The largest absolute Gasteiger partial charge is 0.303 e. The molecule has 0 radical (unpaired) electrons. The van der Waals surface area contributed by atoms with E-state index in [2.05, 4.69) is 4.72 Å². The maximum absolute atomic E-state index is 12.0. The summed E-state index contributed by atoms with van der Waals surface area (Å²) in [4.78, 5) is 12.0. The topological polar surface area (TPSA) is 66.5 Å². The van der Waals surface area contributed by atoms with Crippen LogP contribution in [0.3, 0.4) is 0 Å². The lowest BCUT2D eigenvalue weighted by Crippen LogP contribution is -2.39. The van der Waals surface area contributed by atoms with Gasteiger partial charge in [0.05, 0.1) is 0 Å². The van der Waals surface area contributed by atoms with Crippen molar-refractivity contribution < 1.29 is 13.2 Å². The molecule has 2 rings (SSSR count). The lowest BCUT2D eigenvalue weighted by Gasteiger charge is -2.13. The Kier molecular flexibility index (Phi) is 3.41. The van der Waals surface area contributed by atoms with Crippen molar-refractivity contribution in [2.24, 2.45) is 0 Å². The lowest BCUT2D eigenvalue weighted by molar-refractivity contribution is 0.0978. The van der Waals surface area contributed by atoms with Crippen molar-refractivity contribution in [2.75, 3.05) is 14.1 Å². The maximum atomic E-state index is 12.0. The number of amides is 1. The molecule has 1 amide bonds. The summed E-state index contributed by atoms with van der Waals surface area (Å²) in [6.07, 6.45) is 2.12. The third kappa shape index (κ3) is 2.70. The molecule has 1 aliphatic carbocycles. The van der Waals surface area contributed by atoms with Gasteiger partial charge in [-0.05, 0) is 30.4 Å². The summed E-state index contributed by atoms with van der Waals surface area (Å²) in [5.41, 5.74) is 1.38. The van der Waals surface area contributed by atoms with Crippen LogP contribution in [-0.2, 0) is 10.2 Å². The van der Waals surface area contributed by atoms with E-state index in [0.717, 1.165) is 22.7 Å². The van der Waals surface area contributed by atoms with Crippen molar-refractivity contribution in [3.05, 3.63) is 35.4 Å². The molecular formula is C12H16N2O3S. The molecule has 0 aromatic heterocycles. The molecule has 98 valence electrons. The fourth-order valence-corrected chi connectivity index (χ4v) is 2.24. The summed E-state index contributed by atoms with van der Waals surface area (Å²) >= 11 is 0. The molecule has 0 unspecified atom stereocenters. The van der Waals surface area contributed by atoms with Crippen LogP contribution in [0.5, 0.6) is 0 Å². The first-order valence-electron chi connectivity index (χ1n) is 5.75. The van der Waals surface area contributed by atoms with Gasteiger partial charge in [-0.1, -0.05) is 18.2 Å². The van der Waals surface area contributed by atoms with E-state index in [1.54, 1.807) is 12.1 Å². The Morgan fingerprint density at radius 3 is 2.44 bits per heavy atom. The number of nitrogens with zero attached hydrogens (tertiary/aromatic N) is 1. The van der Waals surface area contributed by atoms with Gasteiger partial charge in [-0.25, -0.2) is 4.72 Å². The van der Waals surface area contributed by atoms with Crippen molar-refractivity contribution >= 4 is 16.1 Å². The molecule has 0 heterocycles. The average Bonchev–Trinajstić information content (AvgIpc) is 3.12. The SMILES string of the molecule is CN(C)S(=O)(=O)NC(=O)c1ccccc1C1CC1. The minimum absolute atomic E-state index is 0.397. The third-order valence-corrected chi connectivity index (χ3v) is 4.33. The summed E-state index contributed by atoms with van der Waals surface area (Å²) in [6.45, 7) is 0. The molecule has 0 aliphatic heterocycles. The number of hydrogen-bond donors (Lipinski definition) is 1. The molecule has 6 heteroatoms. The smallest absolute Gasteiger partial charge is 0.268 e. The zero-order valence-electron chi connectivity index (χ0n) is 10.4. The molecule has 0 bridgehead atoms. The van der Waals surface area contributed by atoms with Crippen molar-refractivity contribution in [3.8, 4) is 0 Å². The van der Waals surface area contributed by atoms with Gasteiger partial charge in [-0.3, -0.25) is 4.79 Å². The molecule has 1 aliphatic rings. The van der Waals surface area contributed by atoms with Crippen molar-refractivity contribution in [2.45, 2.75) is 18.8 Å². The van der Waals surface area contributed by atoms with E-state index in [0.29, 0.717) is 11.5 Å². The minimum atomic E-state index is -3.73. The predicted molar refractivity (Wildman–Crippen MR) is 68.5 cm³/mol. The minimum Gasteiger partial charge on any atom is -0.268 e. The summed E-state index contributed by atoms with van der Waals surface area (Å²) in [5, 5.41) is 0. The first-order valence-corrected chi connectivity index (χ1v) is 7.19. The first-order chi connectivity index (χ1) is 8.42. The summed E-state index contributed by atoms with van der Waals surface area (Å²) < 4.78 is 26.2. The number of carbonyl (C=O) groups is 1. The van der Waals surface area contributed by atoms with Crippen LogP contribution in [0, 0.1) is 0 Å². The van der Waals surface area contributed by atoms with E-state index >= 15 is 0 Å². The first kappa shape index (κ1) is 13.0. The molecule has 1 N–H and O–H groups in total. The molecule has 1 aromatic carbocycles. The highest BCUT2D eigenvalue weighted by molar-refractivity contribution is 7.87. The Bertz CT molecular complexity index is 562. The van der Waals surface area contributed by atoms with E-state index in [1.807, 2.05) is 12.1 Å². The van der Waals surface area contributed by atoms with Gasteiger partial charge in [0.1, 0.15) is 0 Å². The van der Waals surface area contributed by atoms with Gasteiger partial charge in [-0.2, -0.15) is 12.7 Å². The van der Waals surface area contributed by atoms with E-state index in [9.17, 15) is 13.2 Å². The van der Waals surface area contributed by atoms with Crippen LogP contribution in [0.2, 0.25) is 0 Å². The van der Waals surface area contributed by atoms with Gasteiger partial charge in [0.25, 0.3) is 5.91 Å². The fraction of sp³-hybridized carbons (Fsp3) is 0.417. The van der Waals surface area contributed by atoms with Gasteiger partial charge in [0, 0.05) is 19.7 Å². The highest BCUT2D eigenvalue weighted by atomic mass is 32.2. The molecular weight excluding hydrogens is 252 g/mol.